The third-order valence-corrected chi connectivity index (χ3v) is 4.15. The van der Waals surface area contributed by atoms with Gasteiger partial charge in [-0.05, 0) is 24.5 Å². The molecule has 116 valence electrons. The molecule has 5 heteroatoms. The first-order chi connectivity index (χ1) is 10.8. The van der Waals surface area contributed by atoms with Crippen molar-refractivity contribution in [3.05, 3.63) is 48.0 Å². The number of aryl methyl sites for hydroxylation is 2. The Morgan fingerprint density at radius 2 is 2.32 bits per heavy atom. The van der Waals surface area contributed by atoms with Gasteiger partial charge in [0.05, 0.1) is 13.4 Å². The van der Waals surface area contributed by atoms with Crippen molar-refractivity contribution in [3.8, 4) is 5.75 Å². The van der Waals surface area contributed by atoms with E-state index in [1.54, 1.807) is 7.11 Å². The van der Waals surface area contributed by atoms with Crippen molar-refractivity contribution < 1.29 is 9.53 Å². The van der Waals surface area contributed by atoms with Crippen LogP contribution in [0.3, 0.4) is 0 Å². The van der Waals surface area contributed by atoms with Crippen LogP contribution in [-0.4, -0.2) is 28.6 Å². The monoisotopic (exact) mass is 299 g/mol. The van der Waals surface area contributed by atoms with E-state index in [2.05, 4.69) is 14.9 Å². The molecule has 1 aliphatic heterocycles. The van der Waals surface area contributed by atoms with Gasteiger partial charge in [-0.3, -0.25) is 4.79 Å². The summed E-state index contributed by atoms with van der Waals surface area (Å²) in [5, 5.41) is 3.14. The fourth-order valence-electron chi connectivity index (χ4n) is 2.95. The van der Waals surface area contributed by atoms with Crippen molar-refractivity contribution in [1.29, 1.82) is 0 Å². The summed E-state index contributed by atoms with van der Waals surface area (Å²) >= 11 is 0. The van der Waals surface area contributed by atoms with E-state index in [9.17, 15) is 4.79 Å². The van der Waals surface area contributed by atoms with Crippen molar-refractivity contribution in [2.24, 2.45) is 0 Å². The number of carbonyl (C=O) groups excluding carboxylic acids is 1. The molecule has 0 saturated carbocycles. The molecular weight excluding hydrogens is 278 g/mol. The lowest BCUT2D eigenvalue weighted by atomic mass is 10.0. The van der Waals surface area contributed by atoms with Crippen LogP contribution in [0.5, 0.6) is 5.75 Å². The van der Waals surface area contributed by atoms with Crippen LogP contribution in [0.4, 0.5) is 0 Å². The van der Waals surface area contributed by atoms with Gasteiger partial charge < -0.3 is 14.6 Å². The van der Waals surface area contributed by atoms with Gasteiger partial charge in [0.15, 0.2) is 0 Å². The highest BCUT2D eigenvalue weighted by Crippen LogP contribution is 2.19. The predicted molar refractivity (Wildman–Crippen MR) is 83.8 cm³/mol. The van der Waals surface area contributed by atoms with Crippen LogP contribution in [0.25, 0.3) is 0 Å². The van der Waals surface area contributed by atoms with Gasteiger partial charge >= 0.3 is 0 Å². The number of hydrogen-bond donors (Lipinski definition) is 1. The van der Waals surface area contributed by atoms with Crippen LogP contribution >= 0.6 is 0 Å². The zero-order chi connectivity index (χ0) is 15.4. The number of imidazole rings is 1. The highest BCUT2D eigenvalue weighted by Gasteiger charge is 2.20. The largest absolute Gasteiger partial charge is 0.496 e. The van der Waals surface area contributed by atoms with E-state index >= 15 is 0 Å². The summed E-state index contributed by atoms with van der Waals surface area (Å²) in [6, 6.07) is 8.06. The number of aromatic nitrogens is 2. The molecule has 1 aromatic heterocycles. The van der Waals surface area contributed by atoms with Gasteiger partial charge in [0.25, 0.3) is 0 Å². The molecule has 22 heavy (non-hydrogen) atoms. The van der Waals surface area contributed by atoms with Crippen molar-refractivity contribution in [3.63, 3.8) is 0 Å². The Morgan fingerprint density at radius 3 is 3.18 bits per heavy atom. The average molecular weight is 299 g/mol. The molecule has 0 aliphatic carbocycles. The van der Waals surface area contributed by atoms with Crippen LogP contribution < -0.4 is 10.1 Å². The molecule has 3 rings (SSSR count). The SMILES string of the molecule is COc1ccccc1CCC(=O)NC1CCn2cncc2C1. The minimum absolute atomic E-state index is 0.101. The molecule has 1 aliphatic rings. The molecule has 1 aromatic carbocycles. The van der Waals surface area contributed by atoms with E-state index in [0.29, 0.717) is 12.8 Å². The molecule has 2 heterocycles. The van der Waals surface area contributed by atoms with Gasteiger partial charge in [-0.15, -0.1) is 0 Å². The molecule has 5 nitrogen and oxygen atoms in total. The Bertz CT molecular complexity index is 651. The first-order valence-corrected chi connectivity index (χ1v) is 7.66. The second-order valence-electron chi connectivity index (χ2n) is 5.65. The summed E-state index contributed by atoms with van der Waals surface area (Å²) in [6.45, 7) is 0.923. The molecule has 0 bridgehead atoms. The molecule has 1 N–H and O–H groups in total. The van der Waals surface area contributed by atoms with Crippen molar-refractivity contribution >= 4 is 5.91 Å². The first kappa shape index (κ1) is 14.6. The molecule has 1 amide bonds. The second kappa shape index (κ2) is 6.64. The van der Waals surface area contributed by atoms with Crippen LogP contribution in [0, 0.1) is 0 Å². The predicted octanol–water partition coefficient (Wildman–Crippen LogP) is 1.96. The fraction of sp³-hybridized carbons (Fsp3) is 0.412. The van der Waals surface area contributed by atoms with Gasteiger partial charge in [-0.25, -0.2) is 4.98 Å². The average Bonchev–Trinajstić information content (AvgIpc) is 3.01. The highest BCUT2D eigenvalue weighted by atomic mass is 16.5. The molecule has 1 atom stereocenters. The van der Waals surface area contributed by atoms with E-state index in [0.717, 1.165) is 30.7 Å². The number of rotatable bonds is 5. The molecule has 0 saturated heterocycles. The maximum atomic E-state index is 12.2. The first-order valence-electron chi connectivity index (χ1n) is 7.66. The van der Waals surface area contributed by atoms with Gasteiger partial charge in [-0.2, -0.15) is 0 Å². The third kappa shape index (κ3) is 3.30. The Balaban J connectivity index is 1.51. The van der Waals surface area contributed by atoms with Crippen molar-refractivity contribution in [2.45, 2.75) is 38.3 Å². The van der Waals surface area contributed by atoms with Crippen LogP contribution in [0.1, 0.15) is 24.1 Å². The maximum Gasteiger partial charge on any atom is 0.220 e. The summed E-state index contributed by atoms with van der Waals surface area (Å²) in [5.41, 5.74) is 2.27. The maximum absolute atomic E-state index is 12.2. The summed E-state index contributed by atoms with van der Waals surface area (Å²) in [4.78, 5) is 16.3. The number of nitrogens with one attached hydrogen (secondary N) is 1. The number of methoxy groups -OCH3 is 1. The number of para-hydroxylation sites is 1. The van der Waals surface area contributed by atoms with Crippen LogP contribution in [-0.2, 0) is 24.2 Å². The zero-order valence-electron chi connectivity index (χ0n) is 12.8. The van der Waals surface area contributed by atoms with Crippen molar-refractivity contribution in [2.75, 3.05) is 7.11 Å². The second-order valence-corrected chi connectivity index (χ2v) is 5.65. The lowest BCUT2D eigenvalue weighted by Gasteiger charge is -2.24. The Hall–Kier alpha value is -2.30. The standard InChI is InChI=1S/C17H21N3O2/c1-22-16-5-3-2-4-13(16)6-7-17(21)19-14-8-9-20-12-18-11-15(20)10-14/h2-5,11-12,14H,6-10H2,1H3,(H,19,21). The molecule has 1 unspecified atom stereocenters. The summed E-state index contributed by atoms with van der Waals surface area (Å²) in [5.74, 6) is 0.945. The Kier molecular flexibility index (Phi) is 4.42. The number of benzene rings is 1. The number of amides is 1. The Labute approximate surface area is 130 Å². The summed E-state index contributed by atoms with van der Waals surface area (Å²) < 4.78 is 7.47. The lowest BCUT2D eigenvalue weighted by Crippen LogP contribution is -2.40. The third-order valence-electron chi connectivity index (χ3n) is 4.15. The van der Waals surface area contributed by atoms with E-state index in [1.165, 1.54) is 5.69 Å². The molecular formula is C17H21N3O2. The summed E-state index contributed by atoms with van der Waals surface area (Å²) in [6.07, 6.45) is 6.74. The number of nitrogens with zero attached hydrogens (tertiary/aromatic N) is 2. The van der Waals surface area contributed by atoms with Gasteiger partial charge in [0.1, 0.15) is 5.75 Å². The minimum Gasteiger partial charge on any atom is -0.496 e. The van der Waals surface area contributed by atoms with Gasteiger partial charge in [-0.1, -0.05) is 18.2 Å². The number of carbonyl (C=O) groups is 1. The molecule has 0 radical (unpaired) electrons. The smallest absolute Gasteiger partial charge is 0.220 e. The molecule has 0 fully saturated rings. The van der Waals surface area contributed by atoms with Crippen LogP contribution in [0.15, 0.2) is 36.8 Å². The van der Waals surface area contributed by atoms with E-state index in [-0.39, 0.29) is 11.9 Å². The molecule has 0 spiro atoms. The van der Waals surface area contributed by atoms with Crippen LogP contribution in [0.2, 0.25) is 0 Å². The highest BCUT2D eigenvalue weighted by molar-refractivity contribution is 5.76. The minimum atomic E-state index is 0.101. The number of fused-ring (bicyclic) bond motifs is 1. The normalized spacial score (nSPS) is 16.9. The van der Waals surface area contributed by atoms with E-state index in [4.69, 9.17) is 4.74 Å². The summed E-state index contributed by atoms with van der Waals surface area (Å²) in [7, 11) is 1.66. The zero-order valence-corrected chi connectivity index (χ0v) is 12.8. The topological polar surface area (TPSA) is 56.1 Å². The van der Waals surface area contributed by atoms with Gasteiger partial charge in [0, 0.05) is 37.3 Å². The fourth-order valence-corrected chi connectivity index (χ4v) is 2.95. The quantitative estimate of drug-likeness (QED) is 0.918. The van der Waals surface area contributed by atoms with E-state index in [1.807, 2.05) is 36.8 Å². The van der Waals surface area contributed by atoms with E-state index < -0.39 is 0 Å². The van der Waals surface area contributed by atoms with Crippen molar-refractivity contribution in [1.82, 2.24) is 14.9 Å². The van der Waals surface area contributed by atoms with Gasteiger partial charge in [0.2, 0.25) is 5.91 Å². The molecule has 2 aromatic rings. The number of hydrogen-bond acceptors (Lipinski definition) is 3. The Morgan fingerprint density at radius 1 is 1.45 bits per heavy atom. The number of ether oxygens (including phenoxy) is 1. The lowest BCUT2D eigenvalue weighted by molar-refractivity contribution is -0.121.